The number of ether oxygens (including phenoxy) is 2. The molecule has 1 saturated heterocycles. The minimum atomic E-state index is -3.57. The molecule has 1 saturated carbocycles. The van der Waals surface area contributed by atoms with Crippen LogP contribution in [0.5, 0.6) is 0 Å². The third-order valence-corrected chi connectivity index (χ3v) is 6.61. The van der Waals surface area contributed by atoms with Crippen molar-refractivity contribution >= 4 is 10.0 Å². The minimum Gasteiger partial charge on any atom is -0.381 e. The molecule has 0 radical (unpaired) electrons. The molecule has 0 unspecified atom stereocenters. The highest BCUT2D eigenvalue weighted by Crippen LogP contribution is 2.42. The van der Waals surface area contributed by atoms with Crippen LogP contribution in [-0.2, 0) is 26.5 Å². The fraction of sp³-hybridized carbons (Fsp3) is 0.800. The molecule has 1 spiro atoms. The molecule has 1 aliphatic heterocycles. The molecule has 23 heavy (non-hydrogen) atoms. The van der Waals surface area contributed by atoms with Gasteiger partial charge in [0.1, 0.15) is 0 Å². The number of aryl methyl sites for hydroxylation is 1. The lowest BCUT2D eigenvalue weighted by atomic mass is 9.90. The van der Waals surface area contributed by atoms with Gasteiger partial charge in [0.05, 0.1) is 25.1 Å². The molecule has 1 aliphatic carbocycles. The van der Waals surface area contributed by atoms with Gasteiger partial charge in [-0.05, 0) is 19.8 Å². The standard InChI is InChI=1S/C15H25N3O4S/c1-3-21-10-13-5-4-6-15(13)11-18(7-8-22-15)23(19,20)14-9-17(2)12-16-14/h9,12-13H,3-8,10-11H2,1-2H3/t13-,15-/m0/s1. The lowest BCUT2D eigenvalue weighted by Crippen LogP contribution is -2.56. The number of morpholine rings is 1. The zero-order valence-corrected chi connectivity index (χ0v) is 14.6. The second kappa shape index (κ2) is 6.51. The highest BCUT2D eigenvalue weighted by Gasteiger charge is 2.49. The van der Waals surface area contributed by atoms with Crippen molar-refractivity contribution in [3.63, 3.8) is 0 Å². The summed E-state index contributed by atoms with van der Waals surface area (Å²) in [6, 6.07) is 0. The summed E-state index contributed by atoms with van der Waals surface area (Å²) in [6.07, 6.45) is 6.02. The Balaban J connectivity index is 1.80. The zero-order valence-electron chi connectivity index (χ0n) is 13.8. The van der Waals surface area contributed by atoms with E-state index in [1.165, 1.54) is 10.6 Å². The van der Waals surface area contributed by atoms with Crippen molar-refractivity contribution in [2.24, 2.45) is 13.0 Å². The number of hydrogen-bond acceptors (Lipinski definition) is 5. The second-order valence-corrected chi connectivity index (χ2v) is 8.26. The van der Waals surface area contributed by atoms with Crippen LogP contribution in [0.15, 0.2) is 17.6 Å². The zero-order chi connectivity index (χ0) is 16.5. The Hall–Kier alpha value is -0.960. The summed E-state index contributed by atoms with van der Waals surface area (Å²) in [4.78, 5) is 4.01. The van der Waals surface area contributed by atoms with Crippen LogP contribution in [0, 0.1) is 5.92 Å². The predicted octanol–water partition coefficient (Wildman–Crippen LogP) is 1.02. The summed E-state index contributed by atoms with van der Waals surface area (Å²) < 4.78 is 40.5. The fourth-order valence-electron chi connectivity index (χ4n) is 3.64. The van der Waals surface area contributed by atoms with E-state index in [0.29, 0.717) is 32.9 Å². The largest absolute Gasteiger partial charge is 0.381 e. The van der Waals surface area contributed by atoms with Crippen LogP contribution >= 0.6 is 0 Å². The van der Waals surface area contributed by atoms with E-state index in [2.05, 4.69) is 4.98 Å². The van der Waals surface area contributed by atoms with E-state index in [9.17, 15) is 8.42 Å². The van der Waals surface area contributed by atoms with Crippen molar-refractivity contribution < 1.29 is 17.9 Å². The van der Waals surface area contributed by atoms with Crippen molar-refractivity contribution in [3.05, 3.63) is 12.5 Å². The Morgan fingerprint density at radius 2 is 2.35 bits per heavy atom. The van der Waals surface area contributed by atoms with Crippen LogP contribution in [0.25, 0.3) is 0 Å². The molecule has 0 amide bonds. The van der Waals surface area contributed by atoms with Gasteiger partial charge >= 0.3 is 0 Å². The van der Waals surface area contributed by atoms with Crippen molar-refractivity contribution in [3.8, 4) is 0 Å². The van der Waals surface area contributed by atoms with Gasteiger partial charge in [0.15, 0.2) is 5.03 Å². The maximum Gasteiger partial charge on any atom is 0.262 e. The van der Waals surface area contributed by atoms with Gasteiger partial charge in [-0.1, -0.05) is 6.42 Å². The first kappa shape index (κ1) is 16.9. The highest BCUT2D eigenvalue weighted by molar-refractivity contribution is 7.89. The highest BCUT2D eigenvalue weighted by atomic mass is 32.2. The van der Waals surface area contributed by atoms with Crippen molar-refractivity contribution in [2.45, 2.75) is 36.8 Å². The number of sulfonamides is 1. The van der Waals surface area contributed by atoms with Crippen LogP contribution in [0.1, 0.15) is 26.2 Å². The van der Waals surface area contributed by atoms with Crippen LogP contribution in [0.3, 0.4) is 0 Å². The Bertz CT molecular complexity index is 645. The lowest BCUT2D eigenvalue weighted by molar-refractivity contribution is -0.125. The van der Waals surface area contributed by atoms with Gasteiger partial charge in [0, 0.05) is 38.9 Å². The third kappa shape index (κ3) is 3.17. The molecular weight excluding hydrogens is 318 g/mol. The molecule has 3 rings (SSSR count). The maximum absolute atomic E-state index is 12.8. The molecule has 7 nitrogen and oxygen atoms in total. The Morgan fingerprint density at radius 3 is 3.04 bits per heavy atom. The summed E-state index contributed by atoms with van der Waals surface area (Å²) in [7, 11) is -1.80. The van der Waals surface area contributed by atoms with Crippen LogP contribution in [0.4, 0.5) is 0 Å². The second-order valence-electron chi connectivity index (χ2n) is 6.38. The summed E-state index contributed by atoms with van der Waals surface area (Å²) in [5.74, 6) is 0.254. The van der Waals surface area contributed by atoms with Crippen LogP contribution in [-0.4, -0.2) is 60.8 Å². The topological polar surface area (TPSA) is 73.7 Å². The normalized spacial score (nSPS) is 29.4. The van der Waals surface area contributed by atoms with Gasteiger partial charge in [0.2, 0.25) is 0 Å². The molecule has 0 bridgehead atoms. The molecular formula is C15H25N3O4S. The summed E-state index contributed by atoms with van der Waals surface area (Å²) in [6.45, 7) is 4.47. The third-order valence-electron chi connectivity index (χ3n) is 4.88. The Kier molecular flexibility index (Phi) is 4.78. The molecule has 2 atom stereocenters. The van der Waals surface area contributed by atoms with E-state index in [0.717, 1.165) is 19.3 Å². The number of nitrogens with zero attached hydrogens (tertiary/aromatic N) is 3. The smallest absolute Gasteiger partial charge is 0.262 e. The number of rotatable bonds is 5. The average Bonchev–Trinajstić information content (AvgIpc) is 3.13. The molecule has 8 heteroatoms. The van der Waals surface area contributed by atoms with Gasteiger partial charge < -0.3 is 14.0 Å². The molecule has 2 aliphatic rings. The van der Waals surface area contributed by atoms with Crippen molar-refractivity contribution in [1.82, 2.24) is 13.9 Å². The van der Waals surface area contributed by atoms with E-state index in [1.54, 1.807) is 17.8 Å². The monoisotopic (exact) mass is 343 g/mol. The number of hydrogen-bond donors (Lipinski definition) is 0. The first-order valence-corrected chi connectivity index (χ1v) is 9.62. The molecule has 1 aromatic heterocycles. The van der Waals surface area contributed by atoms with Crippen molar-refractivity contribution in [2.75, 3.05) is 32.9 Å². The van der Waals surface area contributed by atoms with Crippen LogP contribution in [0.2, 0.25) is 0 Å². The van der Waals surface area contributed by atoms with Gasteiger partial charge in [-0.15, -0.1) is 0 Å². The predicted molar refractivity (Wildman–Crippen MR) is 84.5 cm³/mol. The van der Waals surface area contributed by atoms with Crippen LogP contribution < -0.4 is 0 Å². The van der Waals surface area contributed by atoms with E-state index < -0.39 is 15.6 Å². The van der Waals surface area contributed by atoms with Gasteiger partial charge in [-0.25, -0.2) is 13.4 Å². The molecule has 1 aromatic rings. The van der Waals surface area contributed by atoms with Gasteiger partial charge in [-0.3, -0.25) is 0 Å². The molecule has 0 aromatic carbocycles. The minimum absolute atomic E-state index is 0.108. The van der Waals surface area contributed by atoms with Gasteiger partial charge in [0.25, 0.3) is 10.0 Å². The Morgan fingerprint density at radius 1 is 1.52 bits per heavy atom. The SMILES string of the molecule is CCOC[C@@H]1CCC[C@]12CN(S(=O)(=O)c1cn(C)cn1)CCO2. The maximum atomic E-state index is 12.8. The first-order chi connectivity index (χ1) is 11.0. The van der Waals surface area contributed by atoms with E-state index in [-0.39, 0.29) is 10.9 Å². The van der Waals surface area contributed by atoms with E-state index in [1.807, 2.05) is 6.92 Å². The quantitative estimate of drug-likeness (QED) is 0.798. The first-order valence-electron chi connectivity index (χ1n) is 8.18. The number of imidazole rings is 1. The summed E-state index contributed by atoms with van der Waals surface area (Å²) in [5.41, 5.74) is -0.407. The number of aromatic nitrogens is 2. The molecule has 0 N–H and O–H groups in total. The molecule has 2 fully saturated rings. The van der Waals surface area contributed by atoms with Gasteiger partial charge in [-0.2, -0.15) is 4.31 Å². The fourth-order valence-corrected chi connectivity index (χ4v) is 5.09. The average molecular weight is 343 g/mol. The summed E-state index contributed by atoms with van der Waals surface area (Å²) in [5, 5.41) is 0.108. The Labute approximate surface area is 137 Å². The van der Waals surface area contributed by atoms with Crippen molar-refractivity contribution in [1.29, 1.82) is 0 Å². The van der Waals surface area contributed by atoms with E-state index >= 15 is 0 Å². The summed E-state index contributed by atoms with van der Waals surface area (Å²) >= 11 is 0. The molecule has 2 heterocycles. The van der Waals surface area contributed by atoms with E-state index in [4.69, 9.17) is 9.47 Å². The lowest BCUT2D eigenvalue weighted by Gasteiger charge is -2.43. The molecule has 130 valence electrons.